The summed E-state index contributed by atoms with van der Waals surface area (Å²) in [6.07, 6.45) is 3.95. The van der Waals surface area contributed by atoms with Crippen LogP contribution in [-0.4, -0.2) is 16.4 Å². The van der Waals surface area contributed by atoms with Gasteiger partial charge in [0, 0.05) is 23.5 Å². The molecule has 0 aliphatic heterocycles. The molecule has 1 aromatic carbocycles. The number of ether oxygens (including phenoxy) is 1. The maximum atomic E-state index is 12.6. The molecular weight excluding hydrogens is 488 g/mol. The summed E-state index contributed by atoms with van der Waals surface area (Å²) in [5.41, 5.74) is 0.760. The van der Waals surface area contributed by atoms with E-state index in [0.717, 1.165) is 3.39 Å². The number of carbonyl (C=O) groups is 2. The van der Waals surface area contributed by atoms with Gasteiger partial charge in [-0.2, -0.15) is 5.26 Å². The first-order chi connectivity index (χ1) is 13.3. The first kappa shape index (κ1) is 20.6. The van der Waals surface area contributed by atoms with Gasteiger partial charge in [-0.3, -0.25) is 14.2 Å². The Bertz CT molecular complexity index is 969. The molecule has 7 heteroatoms. The summed E-state index contributed by atoms with van der Waals surface area (Å²) in [6.45, 7) is 3.97. The highest BCUT2D eigenvalue weighted by Crippen LogP contribution is 2.60. The number of nitrogens with zero attached hydrogens (tertiary/aromatic N) is 2. The van der Waals surface area contributed by atoms with E-state index in [4.69, 9.17) is 4.74 Å². The maximum absolute atomic E-state index is 12.6. The van der Waals surface area contributed by atoms with Crippen molar-refractivity contribution >= 4 is 43.7 Å². The number of rotatable bonds is 5. The van der Waals surface area contributed by atoms with Crippen LogP contribution >= 0.6 is 31.9 Å². The highest BCUT2D eigenvalue weighted by atomic mass is 79.9. The fourth-order valence-electron chi connectivity index (χ4n) is 3.36. The normalized spacial score (nSPS) is 20.5. The second kappa shape index (κ2) is 8.06. The number of nitriles is 1. The average Bonchev–Trinajstić information content (AvgIpc) is 3.00. The fraction of sp³-hybridized carbons (Fsp3) is 0.286. The van der Waals surface area contributed by atoms with E-state index in [2.05, 4.69) is 31.9 Å². The van der Waals surface area contributed by atoms with E-state index in [1.165, 1.54) is 10.8 Å². The molecule has 0 amide bonds. The van der Waals surface area contributed by atoms with Crippen LogP contribution in [0.1, 0.15) is 35.9 Å². The third-order valence-electron chi connectivity index (χ3n) is 5.10. The van der Waals surface area contributed by atoms with E-state index in [1.54, 1.807) is 36.5 Å². The topological polar surface area (TPSA) is 72.1 Å². The molecule has 1 heterocycles. The van der Waals surface area contributed by atoms with Crippen molar-refractivity contribution in [1.82, 2.24) is 4.57 Å². The molecule has 3 atom stereocenters. The van der Waals surface area contributed by atoms with Crippen molar-refractivity contribution in [2.45, 2.75) is 20.0 Å². The SMILES string of the molecule is CC1(C)[C@H](C(=O)O[C@@H](C#N)c2ccn(C(=O)c3ccccc3)c2)[C@@H]1C=C(Br)Br. The molecule has 0 radical (unpaired) electrons. The lowest BCUT2D eigenvalue weighted by Gasteiger charge is -2.10. The van der Waals surface area contributed by atoms with Crippen LogP contribution in [-0.2, 0) is 9.53 Å². The Kier molecular flexibility index (Phi) is 5.92. The molecule has 0 unspecified atom stereocenters. The van der Waals surface area contributed by atoms with Gasteiger partial charge < -0.3 is 4.74 Å². The van der Waals surface area contributed by atoms with Gasteiger partial charge in [0.25, 0.3) is 5.91 Å². The van der Waals surface area contributed by atoms with E-state index >= 15 is 0 Å². The third-order valence-corrected chi connectivity index (χ3v) is 5.62. The van der Waals surface area contributed by atoms with Crippen LogP contribution in [0.25, 0.3) is 0 Å². The van der Waals surface area contributed by atoms with Crippen LogP contribution in [0, 0.1) is 28.6 Å². The van der Waals surface area contributed by atoms with Gasteiger partial charge >= 0.3 is 5.97 Å². The molecule has 28 heavy (non-hydrogen) atoms. The van der Waals surface area contributed by atoms with E-state index in [0.29, 0.717) is 11.1 Å². The van der Waals surface area contributed by atoms with Crippen LogP contribution in [0.5, 0.6) is 0 Å². The molecule has 144 valence electrons. The quantitative estimate of drug-likeness (QED) is 0.524. The number of hydrogen-bond acceptors (Lipinski definition) is 4. The molecule has 1 aliphatic carbocycles. The lowest BCUT2D eigenvalue weighted by molar-refractivity contribution is -0.149. The van der Waals surface area contributed by atoms with Crippen molar-refractivity contribution in [2.75, 3.05) is 0 Å². The van der Waals surface area contributed by atoms with Crippen LogP contribution < -0.4 is 0 Å². The third kappa shape index (κ3) is 4.13. The van der Waals surface area contributed by atoms with Crippen LogP contribution in [0.3, 0.4) is 0 Å². The van der Waals surface area contributed by atoms with Crippen molar-refractivity contribution in [3.05, 3.63) is 69.4 Å². The van der Waals surface area contributed by atoms with Gasteiger partial charge in [-0.1, -0.05) is 38.1 Å². The second-order valence-electron chi connectivity index (χ2n) is 7.25. The van der Waals surface area contributed by atoms with Crippen LogP contribution in [0.4, 0.5) is 0 Å². The lowest BCUT2D eigenvalue weighted by Crippen LogP contribution is -2.14. The number of hydrogen-bond donors (Lipinski definition) is 0. The smallest absolute Gasteiger partial charge is 0.311 e. The molecule has 0 spiro atoms. The summed E-state index contributed by atoms with van der Waals surface area (Å²) >= 11 is 6.64. The zero-order chi connectivity index (χ0) is 20.5. The van der Waals surface area contributed by atoms with Crippen molar-refractivity contribution in [3.63, 3.8) is 0 Å². The second-order valence-corrected chi connectivity index (χ2v) is 10.0. The number of carbonyl (C=O) groups excluding carboxylic acids is 2. The number of allylic oxidation sites excluding steroid dienone is 1. The predicted molar refractivity (Wildman–Crippen MR) is 112 cm³/mol. The summed E-state index contributed by atoms with van der Waals surface area (Å²) in [7, 11) is 0. The summed E-state index contributed by atoms with van der Waals surface area (Å²) in [6, 6.07) is 12.5. The molecule has 0 bridgehead atoms. The van der Waals surface area contributed by atoms with Gasteiger partial charge in [0.1, 0.15) is 6.07 Å². The standard InChI is InChI=1S/C21H18Br2N2O3/c1-21(2)15(10-17(22)23)18(21)20(27)28-16(11-24)14-8-9-25(12-14)19(26)13-6-4-3-5-7-13/h3-10,12,15-16,18H,1-2H3/t15-,16-,18-/m0/s1. The number of benzene rings is 1. The van der Waals surface area contributed by atoms with E-state index < -0.39 is 12.1 Å². The zero-order valence-corrected chi connectivity index (χ0v) is 18.5. The highest BCUT2D eigenvalue weighted by molar-refractivity contribution is 9.28. The molecule has 1 saturated carbocycles. The number of esters is 1. The maximum Gasteiger partial charge on any atom is 0.311 e. The lowest BCUT2D eigenvalue weighted by atomic mass is 10.1. The van der Waals surface area contributed by atoms with Gasteiger partial charge in [-0.15, -0.1) is 0 Å². The highest BCUT2D eigenvalue weighted by Gasteiger charge is 2.61. The first-order valence-electron chi connectivity index (χ1n) is 8.66. The number of aromatic nitrogens is 1. The van der Waals surface area contributed by atoms with Gasteiger partial charge in [0.05, 0.1) is 9.31 Å². The van der Waals surface area contributed by atoms with Gasteiger partial charge in [-0.25, -0.2) is 0 Å². The van der Waals surface area contributed by atoms with Crippen LogP contribution in [0.2, 0.25) is 0 Å². The Morgan fingerprint density at radius 3 is 2.54 bits per heavy atom. The molecule has 1 fully saturated rings. The molecule has 1 aromatic heterocycles. The van der Waals surface area contributed by atoms with E-state index in [9.17, 15) is 14.9 Å². The van der Waals surface area contributed by atoms with Crippen molar-refractivity contribution in [3.8, 4) is 6.07 Å². The average molecular weight is 506 g/mol. The van der Waals surface area contributed by atoms with E-state index in [1.807, 2.05) is 32.1 Å². The summed E-state index contributed by atoms with van der Waals surface area (Å²) in [5, 5.41) is 9.49. The molecule has 0 saturated heterocycles. The molecule has 5 nitrogen and oxygen atoms in total. The summed E-state index contributed by atoms with van der Waals surface area (Å²) in [5.74, 6) is -0.925. The molecule has 2 aromatic rings. The molecule has 0 N–H and O–H groups in total. The van der Waals surface area contributed by atoms with Gasteiger partial charge in [0.15, 0.2) is 0 Å². The van der Waals surface area contributed by atoms with E-state index in [-0.39, 0.29) is 23.2 Å². The Hall–Kier alpha value is -2.17. The minimum atomic E-state index is -1.06. The minimum Gasteiger partial charge on any atom is -0.442 e. The van der Waals surface area contributed by atoms with Crippen molar-refractivity contribution < 1.29 is 14.3 Å². The monoisotopic (exact) mass is 504 g/mol. The Morgan fingerprint density at radius 2 is 1.93 bits per heavy atom. The Labute approximate surface area is 180 Å². The largest absolute Gasteiger partial charge is 0.442 e. The fourth-order valence-corrected chi connectivity index (χ4v) is 3.93. The summed E-state index contributed by atoms with van der Waals surface area (Å²) in [4.78, 5) is 25.1. The Balaban J connectivity index is 1.72. The molecule has 3 rings (SSSR count). The Morgan fingerprint density at radius 1 is 1.25 bits per heavy atom. The van der Waals surface area contributed by atoms with Crippen molar-refractivity contribution in [1.29, 1.82) is 5.26 Å². The zero-order valence-electron chi connectivity index (χ0n) is 15.3. The van der Waals surface area contributed by atoms with Crippen molar-refractivity contribution in [2.24, 2.45) is 17.3 Å². The first-order valence-corrected chi connectivity index (χ1v) is 10.2. The van der Waals surface area contributed by atoms with Crippen LogP contribution in [0.15, 0.2) is 58.3 Å². The minimum absolute atomic E-state index is 0.0253. The molecular formula is C21H18Br2N2O3. The number of halogens is 2. The van der Waals surface area contributed by atoms with Gasteiger partial charge in [-0.05, 0) is 61.4 Å². The predicted octanol–water partition coefficient (Wildman–Crippen LogP) is 5.19. The summed E-state index contributed by atoms with van der Waals surface area (Å²) < 4.78 is 7.64. The van der Waals surface area contributed by atoms with Gasteiger partial charge in [0.2, 0.25) is 6.10 Å². The molecule has 1 aliphatic rings.